The van der Waals surface area contributed by atoms with Crippen LogP contribution in [0.2, 0.25) is 0 Å². The number of nitrogens with zero attached hydrogens (tertiary/aromatic N) is 1. The van der Waals surface area contributed by atoms with Crippen LogP contribution in [0.3, 0.4) is 0 Å². The van der Waals surface area contributed by atoms with Crippen molar-refractivity contribution in [2.24, 2.45) is 5.92 Å². The summed E-state index contributed by atoms with van der Waals surface area (Å²) in [4.78, 5) is 2.65. The molecule has 3 fully saturated rings. The van der Waals surface area contributed by atoms with E-state index in [1.54, 1.807) is 0 Å². The first-order chi connectivity index (χ1) is 7.81. The zero-order chi connectivity index (χ0) is 11.0. The van der Waals surface area contributed by atoms with Crippen LogP contribution in [0.1, 0.15) is 32.6 Å². The van der Waals surface area contributed by atoms with E-state index in [0.29, 0.717) is 18.2 Å². The van der Waals surface area contributed by atoms with Gasteiger partial charge in [0.1, 0.15) is 0 Å². The van der Waals surface area contributed by atoms with Crippen molar-refractivity contribution in [3.8, 4) is 0 Å². The van der Waals surface area contributed by atoms with E-state index in [0.717, 1.165) is 12.5 Å². The van der Waals surface area contributed by atoms with Crippen LogP contribution in [0.5, 0.6) is 0 Å². The van der Waals surface area contributed by atoms with E-state index in [1.165, 1.54) is 45.3 Å². The maximum Gasteiger partial charge on any atom is 0.0700 e. The Morgan fingerprint density at radius 2 is 2.12 bits per heavy atom. The van der Waals surface area contributed by atoms with Gasteiger partial charge in [0.15, 0.2) is 0 Å². The van der Waals surface area contributed by atoms with Gasteiger partial charge < -0.3 is 15.0 Å². The summed E-state index contributed by atoms with van der Waals surface area (Å²) in [7, 11) is 0. The van der Waals surface area contributed by atoms with E-state index < -0.39 is 0 Å². The molecule has 3 aliphatic rings. The van der Waals surface area contributed by atoms with Crippen molar-refractivity contribution in [1.29, 1.82) is 0 Å². The fourth-order valence-corrected chi connectivity index (χ4v) is 3.05. The topological polar surface area (TPSA) is 24.5 Å². The summed E-state index contributed by atoms with van der Waals surface area (Å²) in [5.41, 5.74) is 0. The first kappa shape index (κ1) is 11.0. The third kappa shape index (κ3) is 2.58. The fourth-order valence-electron chi connectivity index (χ4n) is 3.05. The van der Waals surface area contributed by atoms with Gasteiger partial charge >= 0.3 is 0 Å². The van der Waals surface area contributed by atoms with Gasteiger partial charge in [-0.2, -0.15) is 0 Å². The summed E-state index contributed by atoms with van der Waals surface area (Å²) in [5.74, 6) is 1.03. The van der Waals surface area contributed by atoms with Gasteiger partial charge in [-0.25, -0.2) is 0 Å². The Morgan fingerprint density at radius 1 is 1.25 bits per heavy atom. The van der Waals surface area contributed by atoms with Gasteiger partial charge in [0.25, 0.3) is 0 Å². The molecule has 92 valence electrons. The van der Waals surface area contributed by atoms with E-state index in [2.05, 4.69) is 17.1 Å². The van der Waals surface area contributed by atoms with Crippen LogP contribution in [0.25, 0.3) is 0 Å². The summed E-state index contributed by atoms with van der Waals surface area (Å²) in [5, 5.41) is 3.78. The van der Waals surface area contributed by atoms with Gasteiger partial charge in [0.2, 0.25) is 0 Å². The molecule has 3 unspecified atom stereocenters. The number of nitrogens with one attached hydrogen (secondary N) is 1. The molecule has 2 heterocycles. The number of likely N-dealkylation sites (tertiary alicyclic amines) is 1. The molecule has 3 atom stereocenters. The maximum atomic E-state index is 5.60. The largest absolute Gasteiger partial charge is 0.377 e. The smallest absolute Gasteiger partial charge is 0.0700 e. The molecular formula is C13H24N2O. The number of ether oxygens (including phenoxy) is 1. The molecule has 2 saturated heterocycles. The highest BCUT2D eigenvalue weighted by Gasteiger charge is 2.32. The Hall–Kier alpha value is -0.120. The van der Waals surface area contributed by atoms with Crippen molar-refractivity contribution in [2.45, 2.75) is 50.8 Å². The van der Waals surface area contributed by atoms with Crippen molar-refractivity contribution in [3.63, 3.8) is 0 Å². The lowest BCUT2D eigenvalue weighted by molar-refractivity contribution is 0.111. The third-order valence-corrected chi connectivity index (χ3v) is 4.31. The molecule has 0 aromatic carbocycles. The van der Waals surface area contributed by atoms with Gasteiger partial charge in [0.05, 0.1) is 6.10 Å². The molecule has 0 spiro atoms. The van der Waals surface area contributed by atoms with Crippen LogP contribution in [0, 0.1) is 5.92 Å². The van der Waals surface area contributed by atoms with Crippen LogP contribution in [-0.2, 0) is 4.74 Å². The van der Waals surface area contributed by atoms with Crippen molar-refractivity contribution in [3.05, 3.63) is 0 Å². The lowest BCUT2D eigenvalue weighted by atomic mass is 10.1. The van der Waals surface area contributed by atoms with E-state index >= 15 is 0 Å². The number of rotatable bonds is 4. The minimum absolute atomic E-state index is 0.414. The SMILES string of the molecule is CC1OCCC1NC1CCN(CC2CC2)C1. The summed E-state index contributed by atoms with van der Waals surface area (Å²) < 4.78 is 5.60. The van der Waals surface area contributed by atoms with Crippen molar-refractivity contribution >= 4 is 0 Å². The lowest BCUT2D eigenvalue weighted by Crippen LogP contribution is -2.43. The first-order valence-corrected chi connectivity index (χ1v) is 6.91. The molecule has 3 rings (SSSR count). The third-order valence-electron chi connectivity index (χ3n) is 4.31. The second-order valence-electron chi connectivity index (χ2n) is 5.83. The Balaban J connectivity index is 1.42. The van der Waals surface area contributed by atoms with Crippen LogP contribution in [0.4, 0.5) is 0 Å². The maximum absolute atomic E-state index is 5.60. The monoisotopic (exact) mass is 224 g/mol. The Labute approximate surface area is 98.5 Å². The quantitative estimate of drug-likeness (QED) is 0.777. The zero-order valence-corrected chi connectivity index (χ0v) is 10.3. The Kier molecular flexibility index (Phi) is 3.18. The molecule has 0 aromatic rings. The average Bonchev–Trinajstić information content (AvgIpc) is 2.82. The van der Waals surface area contributed by atoms with Crippen molar-refractivity contribution in [1.82, 2.24) is 10.2 Å². The molecule has 1 N–H and O–H groups in total. The van der Waals surface area contributed by atoms with E-state index in [-0.39, 0.29) is 0 Å². The predicted molar refractivity (Wildman–Crippen MR) is 64.5 cm³/mol. The van der Waals surface area contributed by atoms with E-state index in [9.17, 15) is 0 Å². The highest BCUT2D eigenvalue weighted by Crippen LogP contribution is 2.30. The van der Waals surface area contributed by atoms with Gasteiger partial charge in [-0.1, -0.05) is 0 Å². The van der Waals surface area contributed by atoms with Crippen LogP contribution < -0.4 is 5.32 Å². The standard InChI is InChI=1S/C13H24N2O/c1-10-13(5-7-16-10)14-12-4-6-15(9-12)8-11-2-3-11/h10-14H,2-9H2,1H3. The summed E-state index contributed by atoms with van der Waals surface area (Å²) in [6, 6.07) is 1.32. The van der Waals surface area contributed by atoms with Crippen molar-refractivity contribution < 1.29 is 4.74 Å². The average molecular weight is 224 g/mol. The number of hydrogen-bond acceptors (Lipinski definition) is 3. The Bertz CT molecular complexity index is 242. The molecule has 1 aliphatic carbocycles. The normalized spacial score (nSPS) is 40.7. The fraction of sp³-hybridized carbons (Fsp3) is 1.00. The zero-order valence-electron chi connectivity index (χ0n) is 10.3. The molecule has 2 aliphatic heterocycles. The van der Waals surface area contributed by atoms with E-state index in [1.807, 2.05) is 0 Å². The molecule has 3 nitrogen and oxygen atoms in total. The highest BCUT2D eigenvalue weighted by atomic mass is 16.5. The van der Waals surface area contributed by atoms with Crippen LogP contribution in [0.15, 0.2) is 0 Å². The molecule has 0 bridgehead atoms. The molecule has 0 amide bonds. The lowest BCUT2D eigenvalue weighted by Gasteiger charge is -2.22. The minimum Gasteiger partial charge on any atom is -0.377 e. The van der Waals surface area contributed by atoms with Gasteiger partial charge in [-0.15, -0.1) is 0 Å². The van der Waals surface area contributed by atoms with Crippen molar-refractivity contribution in [2.75, 3.05) is 26.2 Å². The van der Waals surface area contributed by atoms with Crippen LogP contribution in [-0.4, -0.2) is 49.3 Å². The van der Waals surface area contributed by atoms with Gasteiger partial charge in [-0.05, 0) is 45.1 Å². The summed E-state index contributed by atoms with van der Waals surface area (Å²) >= 11 is 0. The molecule has 16 heavy (non-hydrogen) atoms. The molecular weight excluding hydrogens is 200 g/mol. The molecule has 0 radical (unpaired) electrons. The molecule has 1 saturated carbocycles. The first-order valence-electron chi connectivity index (χ1n) is 6.91. The molecule has 3 heteroatoms. The second-order valence-corrected chi connectivity index (χ2v) is 5.83. The van der Waals surface area contributed by atoms with Crippen LogP contribution >= 0.6 is 0 Å². The second kappa shape index (κ2) is 4.63. The Morgan fingerprint density at radius 3 is 2.81 bits per heavy atom. The summed E-state index contributed by atoms with van der Waals surface area (Å²) in [6.07, 6.45) is 5.89. The minimum atomic E-state index is 0.414. The summed E-state index contributed by atoms with van der Waals surface area (Å²) in [6.45, 7) is 7.06. The number of hydrogen-bond donors (Lipinski definition) is 1. The van der Waals surface area contributed by atoms with Gasteiger partial charge in [-0.3, -0.25) is 0 Å². The van der Waals surface area contributed by atoms with Gasteiger partial charge in [0, 0.05) is 31.8 Å². The highest BCUT2D eigenvalue weighted by molar-refractivity contribution is 4.89. The van der Waals surface area contributed by atoms with E-state index in [4.69, 9.17) is 4.74 Å². The molecule has 0 aromatic heterocycles. The predicted octanol–water partition coefficient (Wildman–Crippen LogP) is 1.24.